The van der Waals surface area contributed by atoms with Gasteiger partial charge in [0.2, 0.25) is 0 Å². The fourth-order valence-corrected chi connectivity index (χ4v) is 2.47. The predicted molar refractivity (Wildman–Crippen MR) is 63.0 cm³/mol. The molecule has 1 unspecified atom stereocenters. The van der Waals surface area contributed by atoms with Crippen LogP contribution < -0.4 is 0 Å². The molecule has 0 bridgehead atoms. The highest BCUT2D eigenvalue weighted by Gasteiger charge is 2.18. The Kier molecular flexibility index (Phi) is 5.26. The molecule has 0 aliphatic carbocycles. The van der Waals surface area contributed by atoms with Crippen LogP contribution in [0.1, 0.15) is 19.8 Å². The van der Waals surface area contributed by atoms with Crippen LogP contribution in [0.2, 0.25) is 0 Å². The standard InChI is InChI=1S/C12H16O2S/c1-3-7-11(12(13)14-2)15-10-8-5-4-6-9-10/h4-6,8-9,11H,3,7H2,1-2H3. The summed E-state index contributed by atoms with van der Waals surface area (Å²) in [7, 11) is 1.44. The Hall–Kier alpha value is -0.960. The Bertz CT molecular complexity index is 298. The zero-order valence-electron chi connectivity index (χ0n) is 9.10. The van der Waals surface area contributed by atoms with Crippen LogP contribution in [-0.4, -0.2) is 18.3 Å². The minimum Gasteiger partial charge on any atom is -0.468 e. The maximum Gasteiger partial charge on any atom is 0.319 e. The highest BCUT2D eigenvalue weighted by molar-refractivity contribution is 8.00. The van der Waals surface area contributed by atoms with E-state index in [1.807, 2.05) is 30.3 Å². The Morgan fingerprint density at radius 1 is 1.40 bits per heavy atom. The van der Waals surface area contributed by atoms with E-state index in [4.69, 9.17) is 4.74 Å². The topological polar surface area (TPSA) is 26.3 Å². The molecule has 0 N–H and O–H groups in total. The predicted octanol–water partition coefficient (Wildman–Crippen LogP) is 3.12. The van der Waals surface area contributed by atoms with Gasteiger partial charge in [0.05, 0.1) is 7.11 Å². The first-order valence-corrected chi connectivity index (χ1v) is 5.95. The molecular formula is C12H16O2S. The average molecular weight is 224 g/mol. The van der Waals surface area contributed by atoms with Gasteiger partial charge in [-0.1, -0.05) is 31.5 Å². The molecule has 1 rings (SSSR count). The average Bonchev–Trinajstić information content (AvgIpc) is 2.29. The van der Waals surface area contributed by atoms with Crippen LogP contribution in [0.25, 0.3) is 0 Å². The third kappa shape index (κ3) is 3.96. The number of ether oxygens (including phenoxy) is 1. The molecule has 0 fully saturated rings. The van der Waals surface area contributed by atoms with Gasteiger partial charge in [-0.15, -0.1) is 11.8 Å². The first-order valence-electron chi connectivity index (χ1n) is 5.07. The Labute approximate surface area is 95.0 Å². The Morgan fingerprint density at radius 2 is 2.07 bits per heavy atom. The zero-order valence-corrected chi connectivity index (χ0v) is 9.92. The summed E-state index contributed by atoms with van der Waals surface area (Å²) in [4.78, 5) is 12.6. The van der Waals surface area contributed by atoms with E-state index in [0.717, 1.165) is 17.7 Å². The van der Waals surface area contributed by atoms with Crippen molar-refractivity contribution in [2.75, 3.05) is 7.11 Å². The number of benzene rings is 1. The Balaban J connectivity index is 2.62. The van der Waals surface area contributed by atoms with Crippen LogP contribution >= 0.6 is 11.8 Å². The van der Waals surface area contributed by atoms with Gasteiger partial charge in [0.15, 0.2) is 0 Å². The van der Waals surface area contributed by atoms with Crippen molar-refractivity contribution in [1.29, 1.82) is 0 Å². The highest BCUT2D eigenvalue weighted by atomic mass is 32.2. The molecule has 1 aromatic carbocycles. The van der Waals surface area contributed by atoms with E-state index >= 15 is 0 Å². The van der Waals surface area contributed by atoms with Crippen LogP contribution in [0.15, 0.2) is 35.2 Å². The molecule has 82 valence electrons. The number of methoxy groups -OCH3 is 1. The normalized spacial score (nSPS) is 12.1. The number of rotatable bonds is 5. The molecule has 15 heavy (non-hydrogen) atoms. The minimum absolute atomic E-state index is 0.0811. The molecule has 1 atom stereocenters. The molecule has 3 heteroatoms. The summed E-state index contributed by atoms with van der Waals surface area (Å²) >= 11 is 1.57. The zero-order chi connectivity index (χ0) is 11.1. The lowest BCUT2D eigenvalue weighted by atomic mass is 10.2. The van der Waals surface area contributed by atoms with E-state index in [0.29, 0.717) is 0 Å². The summed E-state index contributed by atoms with van der Waals surface area (Å²) in [5.74, 6) is -0.134. The van der Waals surface area contributed by atoms with Crippen molar-refractivity contribution in [3.63, 3.8) is 0 Å². The monoisotopic (exact) mass is 224 g/mol. The van der Waals surface area contributed by atoms with E-state index in [-0.39, 0.29) is 11.2 Å². The molecule has 0 amide bonds. The number of carbonyl (C=O) groups is 1. The number of esters is 1. The fraction of sp³-hybridized carbons (Fsp3) is 0.417. The van der Waals surface area contributed by atoms with E-state index in [9.17, 15) is 4.79 Å². The molecule has 0 aromatic heterocycles. The van der Waals surface area contributed by atoms with Gasteiger partial charge in [-0.05, 0) is 18.6 Å². The van der Waals surface area contributed by atoms with Gasteiger partial charge >= 0.3 is 5.97 Å². The maximum absolute atomic E-state index is 11.5. The largest absolute Gasteiger partial charge is 0.468 e. The van der Waals surface area contributed by atoms with Gasteiger partial charge in [0, 0.05) is 4.90 Å². The second-order valence-electron chi connectivity index (χ2n) is 3.23. The third-order valence-corrected chi connectivity index (χ3v) is 3.29. The molecule has 0 aliphatic rings. The van der Waals surface area contributed by atoms with Crippen molar-refractivity contribution >= 4 is 17.7 Å². The van der Waals surface area contributed by atoms with Gasteiger partial charge in [0.25, 0.3) is 0 Å². The second kappa shape index (κ2) is 6.51. The molecule has 0 radical (unpaired) electrons. The van der Waals surface area contributed by atoms with Crippen LogP contribution in [0.4, 0.5) is 0 Å². The van der Waals surface area contributed by atoms with Crippen LogP contribution in [-0.2, 0) is 9.53 Å². The van der Waals surface area contributed by atoms with Crippen LogP contribution in [0, 0.1) is 0 Å². The molecule has 0 saturated heterocycles. The lowest BCUT2D eigenvalue weighted by molar-refractivity contribution is -0.140. The molecule has 0 heterocycles. The summed E-state index contributed by atoms with van der Waals surface area (Å²) in [6.07, 6.45) is 1.84. The third-order valence-electron chi connectivity index (χ3n) is 2.04. The van der Waals surface area contributed by atoms with Gasteiger partial charge in [-0.2, -0.15) is 0 Å². The summed E-state index contributed by atoms with van der Waals surface area (Å²) in [5, 5.41) is -0.0811. The molecule has 0 spiro atoms. The Morgan fingerprint density at radius 3 is 2.60 bits per heavy atom. The van der Waals surface area contributed by atoms with Gasteiger partial charge in [-0.3, -0.25) is 4.79 Å². The summed E-state index contributed by atoms with van der Waals surface area (Å²) in [6.45, 7) is 2.07. The van der Waals surface area contributed by atoms with E-state index in [1.54, 1.807) is 11.8 Å². The number of thioether (sulfide) groups is 1. The van der Waals surface area contributed by atoms with Crippen molar-refractivity contribution in [2.24, 2.45) is 0 Å². The molecular weight excluding hydrogens is 208 g/mol. The van der Waals surface area contributed by atoms with E-state index in [1.165, 1.54) is 7.11 Å². The first-order chi connectivity index (χ1) is 7.27. The van der Waals surface area contributed by atoms with Gasteiger partial charge in [0.1, 0.15) is 5.25 Å². The van der Waals surface area contributed by atoms with Crippen LogP contribution in [0.5, 0.6) is 0 Å². The van der Waals surface area contributed by atoms with Crippen LogP contribution in [0.3, 0.4) is 0 Å². The van der Waals surface area contributed by atoms with Crippen molar-refractivity contribution < 1.29 is 9.53 Å². The van der Waals surface area contributed by atoms with Crippen molar-refractivity contribution in [1.82, 2.24) is 0 Å². The number of hydrogen-bond acceptors (Lipinski definition) is 3. The summed E-state index contributed by atoms with van der Waals surface area (Å²) in [5.41, 5.74) is 0. The number of carbonyl (C=O) groups excluding carboxylic acids is 1. The van der Waals surface area contributed by atoms with Gasteiger partial charge in [-0.25, -0.2) is 0 Å². The van der Waals surface area contributed by atoms with Crippen molar-refractivity contribution in [2.45, 2.75) is 29.9 Å². The molecule has 2 nitrogen and oxygen atoms in total. The highest BCUT2D eigenvalue weighted by Crippen LogP contribution is 2.26. The fourth-order valence-electron chi connectivity index (χ4n) is 1.28. The van der Waals surface area contributed by atoms with E-state index < -0.39 is 0 Å². The lowest BCUT2D eigenvalue weighted by Gasteiger charge is -2.12. The quantitative estimate of drug-likeness (QED) is 0.568. The van der Waals surface area contributed by atoms with Crippen molar-refractivity contribution in [3.05, 3.63) is 30.3 Å². The number of hydrogen-bond donors (Lipinski definition) is 0. The minimum atomic E-state index is -0.134. The molecule has 1 aromatic rings. The van der Waals surface area contributed by atoms with E-state index in [2.05, 4.69) is 6.92 Å². The van der Waals surface area contributed by atoms with Crippen molar-refractivity contribution in [3.8, 4) is 0 Å². The summed E-state index contributed by atoms with van der Waals surface area (Å²) in [6, 6.07) is 9.94. The SMILES string of the molecule is CCCC(Sc1ccccc1)C(=O)OC. The molecule has 0 aliphatic heterocycles. The van der Waals surface area contributed by atoms with Gasteiger partial charge < -0.3 is 4.74 Å². The molecule has 0 saturated carbocycles. The summed E-state index contributed by atoms with van der Waals surface area (Å²) < 4.78 is 4.78. The smallest absolute Gasteiger partial charge is 0.319 e. The second-order valence-corrected chi connectivity index (χ2v) is 4.51. The first kappa shape index (κ1) is 12.1. The lowest BCUT2D eigenvalue weighted by Crippen LogP contribution is -2.18. The maximum atomic E-state index is 11.5.